The summed E-state index contributed by atoms with van der Waals surface area (Å²) in [7, 11) is 1.93. The zero-order valence-corrected chi connectivity index (χ0v) is 16.0. The van der Waals surface area contributed by atoms with Crippen LogP contribution >= 0.6 is 0 Å². The van der Waals surface area contributed by atoms with Crippen molar-refractivity contribution >= 4 is 11.9 Å². The molecule has 142 valence electrons. The molecule has 4 aliphatic rings. The van der Waals surface area contributed by atoms with E-state index in [1.54, 1.807) is 0 Å². The van der Waals surface area contributed by atoms with Crippen molar-refractivity contribution in [3.05, 3.63) is 5.82 Å². The van der Waals surface area contributed by atoms with Gasteiger partial charge in [-0.3, -0.25) is 9.69 Å². The maximum atomic E-state index is 12.4. The number of hydrogen-bond donors (Lipinski definition) is 0. The number of nitrogens with zero attached hydrogens (tertiary/aromatic N) is 5. The van der Waals surface area contributed by atoms with Gasteiger partial charge in [0.05, 0.1) is 0 Å². The zero-order chi connectivity index (χ0) is 18.0. The summed E-state index contributed by atoms with van der Waals surface area (Å²) in [6.07, 6.45) is 3.71. The van der Waals surface area contributed by atoms with Crippen LogP contribution in [0.5, 0.6) is 0 Å². The molecular weight excluding hydrogens is 330 g/mol. The van der Waals surface area contributed by atoms with Gasteiger partial charge in [0.1, 0.15) is 0 Å². The summed E-state index contributed by atoms with van der Waals surface area (Å²) in [4.78, 5) is 23.8. The highest BCUT2D eigenvalue weighted by molar-refractivity contribution is 5.82. The molecule has 0 aromatic carbocycles. The standard InChI is InChI=1S/C19H29N5O2/c1-4-22(3)18(25)17-15-9-23(10-16(15)17)13-5-12-6-14(7-13)24(8-12)19-20-11(2)21-26-19/h12-17H,4-10H2,1-3H3. The molecule has 3 heterocycles. The van der Waals surface area contributed by atoms with E-state index in [-0.39, 0.29) is 0 Å². The van der Waals surface area contributed by atoms with Crippen LogP contribution in [0.3, 0.4) is 0 Å². The summed E-state index contributed by atoms with van der Waals surface area (Å²) < 4.78 is 5.42. The van der Waals surface area contributed by atoms with Gasteiger partial charge in [-0.25, -0.2) is 0 Å². The second kappa shape index (κ2) is 5.94. The predicted molar refractivity (Wildman–Crippen MR) is 96.7 cm³/mol. The van der Waals surface area contributed by atoms with Gasteiger partial charge in [0.2, 0.25) is 5.91 Å². The Morgan fingerprint density at radius 1 is 1.19 bits per heavy atom. The highest BCUT2D eigenvalue weighted by Crippen LogP contribution is 2.54. The summed E-state index contributed by atoms with van der Waals surface area (Å²) >= 11 is 0. The molecule has 0 N–H and O–H groups in total. The number of rotatable bonds is 4. The minimum atomic E-state index is 0.300. The molecule has 2 saturated heterocycles. The lowest BCUT2D eigenvalue weighted by Gasteiger charge is -2.36. The van der Waals surface area contributed by atoms with Gasteiger partial charge in [-0.2, -0.15) is 4.98 Å². The molecule has 7 nitrogen and oxygen atoms in total. The first kappa shape index (κ1) is 16.5. The normalized spacial score (nSPS) is 38.5. The minimum absolute atomic E-state index is 0.300. The third-order valence-electron chi connectivity index (χ3n) is 7.29. The van der Waals surface area contributed by atoms with Crippen LogP contribution < -0.4 is 4.90 Å². The van der Waals surface area contributed by atoms with Crippen LogP contribution in [-0.2, 0) is 4.79 Å². The lowest BCUT2D eigenvalue weighted by atomic mass is 9.85. The average Bonchev–Trinajstić information content (AvgIpc) is 3.01. The van der Waals surface area contributed by atoms with Gasteiger partial charge in [-0.1, -0.05) is 5.16 Å². The Morgan fingerprint density at radius 2 is 1.92 bits per heavy atom. The summed E-state index contributed by atoms with van der Waals surface area (Å²) in [6, 6.07) is 1.88. The number of carbonyl (C=O) groups is 1. The van der Waals surface area contributed by atoms with E-state index in [2.05, 4.69) is 26.9 Å². The number of likely N-dealkylation sites (tertiary alicyclic amines) is 1. The topological polar surface area (TPSA) is 65.7 Å². The Labute approximate surface area is 154 Å². The van der Waals surface area contributed by atoms with Gasteiger partial charge in [-0.05, 0) is 50.9 Å². The van der Waals surface area contributed by atoms with Crippen molar-refractivity contribution in [2.75, 3.05) is 38.1 Å². The molecule has 2 aliphatic carbocycles. The van der Waals surface area contributed by atoms with E-state index in [1.807, 2.05) is 18.9 Å². The maximum absolute atomic E-state index is 12.4. The first-order chi connectivity index (χ1) is 12.5. The minimum Gasteiger partial charge on any atom is -0.346 e. The number of aryl methyl sites for hydroxylation is 1. The van der Waals surface area contributed by atoms with E-state index in [9.17, 15) is 4.79 Å². The molecule has 5 rings (SSSR count). The fraction of sp³-hybridized carbons (Fsp3) is 0.842. The van der Waals surface area contributed by atoms with Gasteiger partial charge >= 0.3 is 6.01 Å². The van der Waals surface area contributed by atoms with E-state index >= 15 is 0 Å². The van der Waals surface area contributed by atoms with Crippen LogP contribution in [-0.4, -0.2) is 71.2 Å². The smallest absolute Gasteiger partial charge is 0.324 e. The van der Waals surface area contributed by atoms with Crippen molar-refractivity contribution in [2.45, 2.75) is 45.2 Å². The maximum Gasteiger partial charge on any atom is 0.324 e. The number of piperidine rings is 1. The summed E-state index contributed by atoms with van der Waals surface area (Å²) in [5, 5.41) is 3.96. The van der Waals surface area contributed by atoms with Crippen LogP contribution in [0.15, 0.2) is 4.52 Å². The van der Waals surface area contributed by atoms with E-state index in [0.29, 0.717) is 47.6 Å². The van der Waals surface area contributed by atoms with Gasteiger partial charge in [-0.15, -0.1) is 0 Å². The molecule has 2 bridgehead atoms. The third-order valence-corrected chi connectivity index (χ3v) is 7.29. The highest BCUT2D eigenvalue weighted by atomic mass is 16.5. The van der Waals surface area contributed by atoms with Crippen LogP contribution in [0.4, 0.5) is 6.01 Å². The summed E-state index contributed by atoms with van der Waals surface area (Å²) in [5.41, 5.74) is 0. The molecule has 2 aliphatic heterocycles. The number of amides is 1. The van der Waals surface area contributed by atoms with Crippen LogP contribution in [0.2, 0.25) is 0 Å². The van der Waals surface area contributed by atoms with Gasteiger partial charge in [0.15, 0.2) is 5.82 Å². The van der Waals surface area contributed by atoms with Crippen molar-refractivity contribution in [1.82, 2.24) is 19.9 Å². The molecule has 2 saturated carbocycles. The first-order valence-electron chi connectivity index (χ1n) is 10.1. The molecule has 0 spiro atoms. The number of aromatic nitrogens is 2. The molecule has 4 fully saturated rings. The van der Waals surface area contributed by atoms with Crippen molar-refractivity contribution in [3.63, 3.8) is 0 Å². The summed E-state index contributed by atoms with van der Waals surface area (Å²) in [6.45, 7) is 8.02. The average molecular weight is 359 g/mol. The lowest BCUT2D eigenvalue weighted by molar-refractivity contribution is -0.132. The third kappa shape index (κ3) is 2.54. The lowest BCUT2D eigenvalue weighted by Crippen LogP contribution is -2.43. The van der Waals surface area contributed by atoms with Gasteiger partial charge < -0.3 is 14.3 Å². The number of hydrogen-bond acceptors (Lipinski definition) is 6. The Balaban J connectivity index is 1.20. The second-order valence-electron chi connectivity index (χ2n) is 8.82. The molecule has 1 amide bonds. The molecule has 5 atom stereocenters. The monoisotopic (exact) mass is 359 g/mol. The van der Waals surface area contributed by atoms with Crippen LogP contribution in [0, 0.1) is 30.6 Å². The zero-order valence-electron chi connectivity index (χ0n) is 16.0. The van der Waals surface area contributed by atoms with Crippen molar-refractivity contribution in [3.8, 4) is 0 Å². The van der Waals surface area contributed by atoms with Crippen LogP contribution in [0.1, 0.15) is 32.0 Å². The SMILES string of the molecule is CCN(C)C(=O)C1C2CN(C3CC4CC(C3)N(c3nc(C)no3)C4)CC21. The molecule has 5 unspecified atom stereocenters. The first-order valence-corrected chi connectivity index (χ1v) is 10.1. The Kier molecular flexibility index (Phi) is 3.78. The van der Waals surface area contributed by atoms with Gasteiger partial charge in [0.25, 0.3) is 0 Å². The van der Waals surface area contributed by atoms with E-state index in [0.717, 1.165) is 32.1 Å². The number of anilines is 1. The quantitative estimate of drug-likeness (QED) is 0.809. The number of fused-ring (bicyclic) bond motifs is 3. The molecule has 1 aromatic heterocycles. The summed E-state index contributed by atoms with van der Waals surface area (Å²) in [5.74, 6) is 3.31. The molecule has 26 heavy (non-hydrogen) atoms. The fourth-order valence-electron chi connectivity index (χ4n) is 5.77. The molecule has 1 aromatic rings. The van der Waals surface area contributed by atoms with Crippen molar-refractivity contribution in [1.29, 1.82) is 0 Å². The van der Waals surface area contributed by atoms with Crippen LogP contribution in [0.25, 0.3) is 0 Å². The fourth-order valence-corrected chi connectivity index (χ4v) is 5.77. The largest absolute Gasteiger partial charge is 0.346 e. The van der Waals surface area contributed by atoms with Crippen molar-refractivity contribution in [2.24, 2.45) is 23.7 Å². The predicted octanol–water partition coefficient (Wildman–Crippen LogP) is 1.39. The van der Waals surface area contributed by atoms with Crippen molar-refractivity contribution < 1.29 is 9.32 Å². The highest BCUT2D eigenvalue weighted by Gasteiger charge is 2.61. The molecule has 0 radical (unpaired) electrons. The second-order valence-corrected chi connectivity index (χ2v) is 8.82. The molecule has 7 heteroatoms. The Morgan fingerprint density at radius 3 is 2.58 bits per heavy atom. The van der Waals surface area contributed by atoms with E-state index in [4.69, 9.17) is 4.52 Å². The Bertz CT molecular complexity index is 694. The molecular formula is C19H29N5O2. The van der Waals surface area contributed by atoms with Gasteiger partial charge in [0, 0.05) is 51.2 Å². The van der Waals surface area contributed by atoms with E-state index < -0.39 is 0 Å². The number of carbonyl (C=O) groups excluding carboxylic acids is 1. The van der Waals surface area contributed by atoms with E-state index in [1.165, 1.54) is 19.3 Å². The Hall–Kier alpha value is -1.63.